The minimum atomic E-state index is 0.274. The number of hydrogen-bond donors (Lipinski definition) is 1. The molecule has 2 heterocycles. The lowest BCUT2D eigenvalue weighted by Crippen LogP contribution is -2.47. The Labute approximate surface area is 114 Å². The highest BCUT2D eigenvalue weighted by Gasteiger charge is 2.31. The number of nitrogens with one attached hydrogen (secondary N) is 1. The molecule has 1 N–H and O–H groups in total. The summed E-state index contributed by atoms with van der Waals surface area (Å²) in [6, 6.07) is 4.46. The van der Waals surface area contributed by atoms with Crippen LogP contribution in [0.2, 0.25) is 0 Å². The summed E-state index contributed by atoms with van der Waals surface area (Å²) in [5.41, 5.74) is 1.30. The number of carbonyl (C=O) groups is 1. The molecule has 0 spiro atoms. The molecule has 1 aromatic heterocycles. The first-order valence-corrected chi connectivity index (χ1v) is 7.23. The predicted molar refractivity (Wildman–Crippen MR) is 73.4 cm³/mol. The van der Waals surface area contributed by atoms with Gasteiger partial charge in [-0.1, -0.05) is 0 Å². The number of hydrogen-bond acceptors (Lipinski definition) is 3. The molecule has 0 aromatic carbocycles. The van der Waals surface area contributed by atoms with Crippen LogP contribution >= 0.6 is 0 Å². The third-order valence-corrected chi connectivity index (χ3v) is 3.96. The van der Waals surface area contributed by atoms with Gasteiger partial charge in [-0.05, 0) is 49.9 Å². The van der Waals surface area contributed by atoms with Gasteiger partial charge in [-0.2, -0.15) is 0 Å². The van der Waals surface area contributed by atoms with E-state index in [-0.39, 0.29) is 5.91 Å². The van der Waals surface area contributed by atoms with Crippen LogP contribution in [-0.2, 0) is 11.3 Å². The molecular weight excluding hydrogens is 238 g/mol. The van der Waals surface area contributed by atoms with Crippen LogP contribution in [-0.4, -0.2) is 34.9 Å². The molecule has 2 aliphatic rings. The van der Waals surface area contributed by atoms with E-state index in [0.717, 1.165) is 38.9 Å². The molecule has 1 saturated carbocycles. The fourth-order valence-corrected chi connectivity index (χ4v) is 2.73. The monoisotopic (exact) mass is 259 g/mol. The van der Waals surface area contributed by atoms with Gasteiger partial charge >= 0.3 is 0 Å². The van der Waals surface area contributed by atoms with Crippen molar-refractivity contribution in [3.8, 4) is 0 Å². The minimum absolute atomic E-state index is 0.274. The number of nitrogens with zero attached hydrogens (tertiary/aromatic N) is 2. The molecule has 4 nitrogen and oxygen atoms in total. The summed E-state index contributed by atoms with van der Waals surface area (Å²) in [6.45, 7) is 3.05. The zero-order chi connectivity index (χ0) is 13.1. The molecule has 1 aliphatic carbocycles. The number of amides is 1. The molecule has 4 heteroatoms. The Morgan fingerprint density at radius 3 is 2.84 bits per heavy atom. The third-order valence-electron chi connectivity index (χ3n) is 3.96. The third kappa shape index (κ3) is 3.53. The molecule has 19 heavy (non-hydrogen) atoms. The van der Waals surface area contributed by atoms with Crippen molar-refractivity contribution in [2.24, 2.45) is 5.92 Å². The first-order valence-electron chi connectivity index (χ1n) is 7.23. The molecule has 2 fully saturated rings. The Hall–Kier alpha value is -1.42. The van der Waals surface area contributed by atoms with Gasteiger partial charge in [-0.15, -0.1) is 0 Å². The predicted octanol–water partition coefficient (Wildman–Crippen LogP) is 1.57. The van der Waals surface area contributed by atoms with Gasteiger partial charge < -0.3 is 5.32 Å². The molecule has 1 atom stereocenters. The molecule has 1 amide bonds. The molecule has 0 radical (unpaired) electrons. The SMILES string of the molecule is O=C(NC1CCCN(Cc2ccncc2)C1)C1CC1. The second kappa shape index (κ2) is 5.70. The maximum absolute atomic E-state index is 11.8. The summed E-state index contributed by atoms with van der Waals surface area (Å²) in [7, 11) is 0. The fraction of sp³-hybridized carbons (Fsp3) is 0.600. The van der Waals surface area contributed by atoms with Crippen molar-refractivity contribution in [2.75, 3.05) is 13.1 Å². The highest BCUT2D eigenvalue weighted by molar-refractivity contribution is 5.81. The van der Waals surface area contributed by atoms with Crippen LogP contribution in [0.15, 0.2) is 24.5 Å². The summed E-state index contributed by atoms with van der Waals surface area (Å²) in [4.78, 5) is 18.3. The maximum Gasteiger partial charge on any atom is 0.223 e. The Morgan fingerprint density at radius 1 is 1.32 bits per heavy atom. The van der Waals surface area contributed by atoms with E-state index in [4.69, 9.17) is 0 Å². The van der Waals surface area contributed by atoms with Crippen molar-refractivity contribution in [2.45, 2.75) is 38.3 Å². The van der Waals surface area contributed by atoms with Gasteiger partial charge in [0.2, 0.25) is 5.91 Å². The van der Waals surface area contributed by atoms with Crippen molar-refractivity contribution in [1.82, 2.24) is 15.2 Å². The van der Waals surface area contributed by atoms with Gasteiger partial charge in [-0.3, -0.25) is 14.7 Å². The Balaban J connectivity index is 1.51. The second-order valence-corrected chi connectivity index (χ2v) is 5.71. The van der Waals surface area contributed by atoms with E-state index in [0.29, 0.717) is 12.0 Å². The Kier molecular flexibility index (Phi) is 3.78. The van der Waals surface area contributed by atoms with Gasteiger partial charge in [0.25, 0.3) is 0 Å². The van der Waals surface area contributed by atoms with Gasteiger partial charge in [0.1, 0.15) is 0 Å². The number of pyridine rings is 1. The van der Waals surface area contributed by atoms with Crippen LogP contribution in [0, 0.1) is 5.92 Å². The molecule has 1 unspecified atom stereocenters. The lowest BCUT2D eigenvalue weighted by Gasteiger charge is -2.33. The number of likely N-dealkylation sites (tertiary alicyclic amines) is 1. The number of carbonyl (C=O) groups excluding carboxylic acids is 1. The molecule has 1 aromatic rings. The average Bonchev–Trinajstić information content (AvgIpc) is 3.24. The first-order chi connectivity index (χ1) is 9.31. The zero-order valence-corrected chi connectivity index (χ0v) is 11.2. The van der Waals surface area contributed by atoms with E-state index in [1.54, 1.807) is 0 Å². The van der Waals surface area contributed by atoms with E-state index in [9.17, 15) is 4.79 Å². The maximum atomic E-state index is 11.8. The van der Waals surface area contributed by atoms with Crippen molar-refractivity contribution in [1.29, 1.82) is 0 Å². The van der Waals surface area contributed by atoms with Crippen LogP contribution < -0.4 is 5.32 Å². The molecule has 102 valence electrons. The van der Waals surface area contributed by atoms with Crippen molar-refractivity contribution >= 4 is 5.91 Å². The summed E-state index contributed by atoms with van der Waals surface area (Å²) in [6.07, 6.45) is 8.13. The minimum Gasteiger partial charge on any atom is -0.352 e. The van der Waals surface area contributed by atoms with Gasteiger partial charge in [0.05, 0.1) is 0 Å². The van der Waals surface area contributed by atoms with E-state index in [2.05, 4.69) is 27.3 Å². The Bertz CT molecular complexity index is 430. The molecule has 1 aliphatic heterocycles. The largest absolute Gasteiger partial charge is 0.352 e. The standard InChI is InChI=1S/C15H21N3O/c19-15(13-3-4-13)17-14-2-1-9-18(11-14)10-12-5-7-16-8-6-12/h5-8,13-14H,1-4,9-11H2,(H,17,19). The van der Waals surface area contributed by atoms with Gasteiger partial charge in [-0.25, -0.2) is 0 Å². The lowest BCUT2D eigenvalue weighted by atomic mass is 10.0. The van der Waals surface area contributed by atoms with Crippen LogP contribution in [0.5, 0.6) is 0 Å². The summed E-state index contributed by atoms with van der Waals surface area (Å²) >= 11 is 0. The summed E-state index contributed by atoms with van der Waals surface area (Å²) in [5, 5.41) is 3.20. The normalized spacial score (nSPS) is 24.1. The van der Waals surface area contributed by atoms with E-state index >= 15 is 0 Å². The number of rotatable bonds is 4. The van der Waals surface area contributed by atoms with E-state index in [1.165, 1.54) is 12.0 Å². The second-order valence-electron chi connectivity index (χ2n) is 5.71. The highest BCUT2D eigenvalue weighted by Crippen LogP contribution is 2.29. The fourth-order valence-electron chi connectivity index (χ4n) is 2.73. The zero-order valence-electron chi connectivity index (χ0n) is 11.2. The van der Waals surface area contributed by atoms with Crippen LogP contribution in [0.25, 0.3) is 0 Å². The molecular formula is C15H21N3O. The van der Waals surface area contributed by atoms with Crippen LogP contribution in [0.4, 0.5) is 0 Å². The van der Waals surface area contributed by atoms with E-state index in [1.807, 2.05) is 12.4 Å². The van der Waals surface area contributed by atoms with Crippen molar-refractivity contribution in [3.63, 3.8) is 0 Å². The van der Waals surface area contributed by atoms with Gasteiger partial charge in [0, 0.05) is 37.4 Å². The summed E-state index contributed by atoms with van der Waals surface area (Å²) in [5.74, 6) is 0.589. The Morgan fingerprint density at radius 2 is 2.11 bits per heavy atom. The molecule has 0 bridgehead atoms. The summed E-state index contributed by atoms with van der Waals surface area (Å²) < 4.78 is 0. The smallest absolute Gasteiger partial charge is 0.223 e. The molecule has 1 saturated heterocycles. The number of piperidine rings is 1. The van der Waals surface area contributed by atoms with Crippen molar-refractivity contribution in [3.05, 3.63) is 30.1 Å². The number of aromatic nitrogens is 1. The first kappa shape index (κ1) is 12.6. The topological polar surface area (TPSA) is 45.2 Å². The van der Waals surface area contributed by atoms with E-state index < -0.39 is 0 Å². The van der Waals surface area contributed by atoms with Gasteiger partial charge in [0.15, 0.2) is 0 Å². The highest BCUT2D eigenvalue weighted by atomic mass is 16.2. The average molecular weight is 259 g/mol. The lowest BCUT2D eigenvalue weighted by molar-refractivity contribution is -0.123. The quantitative estimate of drug-likeness (QED) is 0.892. The molecule has 3 rings (SSSR count). The van der Waals surface area contributed by atoms with Crippen LogP contribution in [0.1, 0.15) is 31.2 Å². The van der Waals surface area contributed by atoms with Crippen LogP contribution in [0.3, 0.4) is 0 Å². The van der Waals surface area contributed by atoms with Crippen molar-refractivity contribution < 1.29 is 4.79 Å².